The third-order valence-corrected chi connectivity index (χ3v) is 3.19. The molecule has 9 heteroatoms. The van der Waals surface area contributed by atoms with Crippen molar-refractivity contribution < 1.29 is 4.79 Å². The molecule has 0 rings (SSSR count). The van der Waals surface area contributed by atoms with Crippen molar-refractivity contribution in [1.29, 1.82) is 5.41 Å². The largest absolute Gasteiger partial charge is 0.370 e. The molecule has 0 aromatic rings. The maximum atomic E-state index is 11.8. The van der Waals surface area contributed by atoms with E-state index in [2.05, 4.69) is 20.9 Å². The monoisotopic (exact) mass is 316 g/mol. The molecular weight excluding hydrogens is 284 g/mol. The molecule has 0 aliphatic carbocycles. The Morgan fingerprint density at radius 3 is 2.45 bits per heavy atom. The van der Waals surface area contributed by atoms with Crippen molar-refractivity contribution in [3.8, 4) is 0 Å². The molecule has 22 heavy (non-hydrogen) atoms. The second-order valence-corrected chi connectivity index (χ2v) is 5.11. The zero-order valence-corrected chi connectivity index (χ0v) is 13.5. The molecule has 0 aromatic carbocycles. The van der Waals surface area contributed by atoms with Crippen LogP contribution in [0.3, 0.4) is 0 Å². The molecule has 0 fully saturated rings. The molecule has 0 aliphatic heterocycles. The van der Waals surface area contributed by atoms with Crippen LogP contribution in [0.25, 0.3) is 0 Å². The molecule has 0 spiro atoms. The van der Waals surface area contributed by atoms with Crippen LogP contribution in [0.15, 0.2) is 0 Å². The smallest absolute Gasteiger partial charge is 0.236 e. The van der Waals surface area contributed by atoms with Crippen LogP contribution >= 0.6 is 0 Å². The molecule has 0 heterocycles. The Morgan fingerprint density at radius 1 is 1.18 bits per heavy atom. The summed E-state index contributed by atoms with van der Waals surface area (Å²) in [5, 5.41) is 15.6. The molecule has 1 atom stereocenters. The van der Waals surface area contributed by atoms with Gasteiger partial charge in [0.2, 0.25) is 5.91 Å². The predicted molar refractivity (Wildman–Crippen MR) is 89.6 cm³/mol. The number of carbonyl (C=O) groups excluding carboxylic acids is 1. The Bertz CT molecular complexity index is 312. The SMILES string of the molecule is CNCCN(CCN)CCNC(=O)C(N)CCCNC(=N)N. The minimum Gasteiger partial charge on any atom is -0.370 e. The molecule has 9 nitrogen and oxygen atoms in total. The van der Waals surface area contributed by atoms with Crippen LogP contribution in [0, 0.1) is 5.41 Å². The van der Waals surface area contributed by atoms with Crippen molar-refractivity contribution in [3.63, 3.8) is 0 Å². The van der Waals surface area contributed by atoms with E-state index in [0.717, 1.165) is 26.2 Å². The molecule has 10 N–H and O–H groups in total. The van der Waals surface area contributed by atoms with Crippen LogP contribution in [0.5, 0.6) is 0 Å². The Balaban J connectivity index is 3.82. The van der Waals surface area contributed by atoms with Gasteiger partial charge in [-0.3, -0.25) is 15.1 Å². The normalized spacial score (nSPS) is 12.2. The summed E-state index contributed by atoms with van der Waals surface area (Å²) >= 11 is 0. The first-order chi connectivity index (χ1) is 10.5. The number of hydrogen-bond acceptors (Lipinski definition) is 6. The number of nitrogens with two attached hydrogens (primary N) is 3. The molecule has 0 saturated heterocycles. The lowest BCUT2D eigenvalue weighted by atomic mass is 10.1. The number of nitrogens with zero attached hydrogens (tertiary/aromatic N) is 1. The van der Waals surface area contributed by atoms with E-state index in [1.807, 2.05) is 7.05 Å². The van der Waals surface area contributed by atoms with E-state index in [9.17, 15) is 4.79 Å². The fraction of sp³-hybridized carbons (Fsp3) is 0.846. The Labute approximate surface area is 132 Å². The molecule has 0 aromatic heterocycles. The zero-order chi connectivity index (χ0) is 16.8. The summed E-state index contributed by atoms with van der Waals surface area (Å²) in [5.74, 6) is -0.219. The number of hydrogen-bond donors (Lipinski definition) is 7. The van der Waals surface area contributed by atoms with E-state index in [-0.39, 0.29) is 11.9 Å². The Morgan fingerprint density at radius 2 is 1.86 bits per heavy atom. The molecule has 0 bridgehead atoms. The number of carbonyl (C=O) groups is 1. The van der Waals surface area contributed by atoms with Crippen molar-refractivity contribution in [1.82, 2.24) is 20.9 Å². The second kappa shape index (κ2) is 13.3. The summed E-state index contributed by atoms with van der Waals surface area (Å²) in [5.41, 5.74) is 16.6. The summed E-state index contributed by atoms with van der Waals surface area (Å²) in [7, 11) is 1.91. The van der Waals surface area contributed by atoms with Crippen LogP contribution in [0.1, 0.15) is 12.8 Å². The maximum Gasteiger partial charge on any atom is 0.236 e. The van der Waals surface area contributed by atoms with E-state index in [0.29, 0.717) is 32.5 Å². The van der Waals surface area contributed by atoms with Gasteiger partial charge in [0.15, 0.2) is 5.96 Å². The summed E-state index contributed by atoms with van der Waals surface area (Å²) in [6.07, 6.45) is 1.24. The van der Waals surface area contributed by atoms with E-state index < -0.39 is 6.04 Å². The lowest BCUT2D eigenvalue weighted by molar-refractivity contribution is -0.122. The van der Waals surface area contributed by atoms with E-state index in [1.165, 1.54) is 0 Å². The number of likely N-dealkylation sites (N-methyl/N-ethyl adjacent to an activating group) is 1. The molecule has 1 amide bonds. The Hall–Kier alpha value is -1.42. The fourth-order valence-electron chi connectivity index (χ4n) is 1.93. The molecule has 0 aliphatic rings. The van der Waals surface area contributed by atoms with Crippen molar-refractivity contribution >= 4 is 11.9 Å². The van der Waals surface area contributed by atoms with Crippen LogP contribution in [-0.2, 0) is 4.79 Å². The highest BCUT2D eigenvalue weighted by Crippen LogP contribution is 1.93. The summed E-state index contributed by atoms with van der Waals surface area (Å²) in [6.45, 7) is 5.04. The van der Waals surface area contributed by atoms with Gasteiger partial charge in [-0.15, -0.1) is 0 Å². The van der Waals surface area contributed by atoms with E-state index in [1.54, 1.807) is 0 Å². The third kappa shape index (κ3) is 11.3. The minimum absolute atomic E-state index is 0.0698. The molecule has 0 radical (unpaired) electrons. The van der Waals surface area contributed by atoms with Gasteiger partial charge in [-0.25, -0.2) is 0 Å². The summed E-state index contributed by atoms with van der Waals surface area (Å²) < 4.78 is 0. The van der Waals surface area contributed by atoms with Crippen molar-refractivity contribution in [3.05, 3.63) is 0 Å². The highest BCUT2D eigenvalue weighted by atomic mass is 16.2. The first-order valence-electron chi connectivity index (χ1n) is 7.69. The number of guanidine groups is 1. The lowest BCUT2D eigenvalue weighted by Gasteiger charge is -2.22. The first-order valence-corrected chi connectivity index (χ1v) is 7.69. The average molecular weight is 316 g/mol. The van der Waals surface area contributed by atoms with Crippen molar-refractivity contribution in [2.45, 2.75) is 18.9 Å². The maximum absolute atomic E-state index is 11.8. The van der Waals surface area contributed by atoms with Gasteiger partial charge in [-0.05, 0) is 19.9 Å². The Kier molecular flexibility index (Phi) is 12.4. The quantitative estimate of drug-likeness (QED) is 0.110. The van der Waals surface area contributed by atoms with Gasteiger partial charge in [-0.2, -0.15) is 0 Å². The minimum atomic E-state index is -0.533. The van der Waals surface area contributed by atoms with Crippen LogP contribution in [0.4, 0.5) is 0 Å². The predicted octanol–water partition coefficient (Wildman–Crippen LogP) is -2.83. The van der Waals surface area contributed by atoms with Gasteiger partial charge >= 0.3 is 0 Å². The first kappa shape index (κ1) is 20.6. The average Bonchev–Trinajstić information content (AvgIpc) is 2.48. The number of amides is 1. The molecular formula is C13H32N8O. The molecule has 130 valence electrons. The van der Waals surface area contributed by atoms with E-state index in [4.69, 9.17) is 22.6 Å². The highest BCUT2D eigenvalue weighted by molar-refractivity contribution is 5.81. The third-order valence-electron chi connectivity index (χ3n) is 3.19. The van der Waals surface area contributed by atoms with Gasteiger partial charge in [0.25, 0.3) is 0 Å². The van der Waals surface area contributed by atoms with Crippen LogP contribution in [0.2, 0.25) is 0 Å². The van der Waals surface area contributed by atoms with Gasteiger partial charge in [0, 0.05) is 45.8 Å². The molecule has 0 saturated carbocycles. The fourth-order valence-corrected chi connectivity index (χ4v) is 1.93. The van der Waals surface area contributed by atoms with Gasteiger partial charge in [0.1, 0.15) is 0 Å². The second-order valence-electron chi connectivity index (χ2n) is 5.11. The standard InChI is InChI=1S/C13H32N8O/c1-18-6-9-21(8-4-14)10-7-19-12(22)11(15)3-2-5-20-13(16)17/h11,18H,2-10,14-15H2,1H3,(H,19,22)(H4,16,17,20). The van der Waals surface area contributed by atoms with Crippen LogP contribution < -0.4 is 33.2 Å². The van der Waals surface area contributed by atoms with Gasteiger partial charge in [0.05, 0.1) is 6.04 Å². The summed E-state index contributed by atoms with van der Waals surface area (Å²) in [4.78, 5) is 14.0. The topological polar surface area (TPSA) is 158 Å². The number of nitrogens with one attached hydrogen (secondary N) is 4. The van der Waals surface area contributed by atoms with Crippen molar-refractivity contribution in [2.24, 2.45) is 17.2 Å². The zero-order valence-electron chi connectivity index (χ0n) is 13.5. The van der Waals surface area contributed by atoms with Crippen LogP contribution in [-0.4, -0.2) is 75.7 Å². The lowest BCUT2D eigenvalue weighted by Crippen LogP contribution is -2.45. The van der Waals surface area contributed by atoms with Gasteiger partial charge < -0.3 is 33.2 Å². The highest BCUT2D eigenvalue weighted by Gasteiger charge is 2.13. The summed E-state index contributed by atoms with van der Waals surface area (Å²) in [6, 6.07) is -0.533. The van der Waals surface area contributed by atoms with Gasteiger partial charge in [-0.1, -0.05) is 0 Å². The van der Waals surface area contributed by atoms with E-state index >= 15 is 0 Å². The number of rotatable bonds is 13. The molecule has 1 unspecified atom stereocenters. The van der Waals surface area contributed by atoms with Crippen molar-refractivity contribution in [2.75, 3.05) is 52.9 Å².